The van der Waals surface area contributed by atoms with Gasteiger partial charge in [-0.3, -0.25) is 9.59 Å². The lowest BCUT2D eigenvalue weighted by Crippen LogP contribution is -2.56. The summed E-state index contributed by atoms with van der Waals surface area (Å²) in [4.78, 5) is 38.7. The molecule has 0 aliphatic carbocycles. The number of benzene rings is 2. The maximum atomic E-state index is 13.1. The Labute approximate surface area is 167 Å². The smallest absolute Gasteiger partial charge is 0.348 e. The highest BCUT2D eigenvalue weighted by Crippen LogP contribution is 2.28. The van der Waals surface area contributed by atoms with Crippen LogP contribution >= 0.6 is 0 Å². The van der Waals surface area contributed by atoms with E-state index in [9.17, 15) is 19.5 Å². The van der Waals surface area contributed by atoms with Crippen molar-refractivity contribution in [2.45, 2.75) is 18.1 Å². The van der Waals surface area contributed by atoms with Gasteiger partial charge in [-0.25, -0.2) is 4.79 Å². The summed E-state index contributed by atoms with van der Waals surface area (Å²) in [6.45, 7) is 1.55. The number of aliphatic carboxylic acids is 1. The first-order chi connectivity index (χ1) is 14.0. The molecule has 2 aromatic carbocycles. The van der Waals surface area contributed by atoms with E-state index in [1.807, 2.05) is 42.5 Å². The lowest BCUT2D eigenvalue weighted by atomic mass is 10.00. The summed E-state index contributed by atoms with van der Waals surface area (Å²) < 4.78 is 10.2. The first-order valence-corrected chi connectivity index (χ1v) is 9.52. The van der Waals surface area contributed by atoms with Gasteiger partial charge in [-0.15, -0.1) is 0 Å². The minimum absolute atomic E-state index is 0.192. The fraction of sp³-hybridized carbons (Fsp3) is 0.381. The lowest BCUT2D eigenvalue weighted by molar-refractivity contribution is -0.150. The summed E-state index contributed by atoms with van der Waals surface area (Å²) in [7, 11) is 0. The van der Waals surface area contributed by atoms with E-state index in [-0.39, 0.29) is 18.9 Å². The molecule has 2 aromatic rings. The molecule has 2 heterocycles. The number of hydrogen-bond donors (Lipinski definition) is 2. The van der Waals surface area contributed by atoms with Crippen LogP contribution < -0.4 is 5.32 Å². The van der Waals surface area contributed by atoms with Crippen LogP contribution in [0.1, 0.15) is 5.56 Å². The van der Waals surface area contributed by atoms with Crippen molar-refractivity contribution in [3.05, 3.63) is 48.0 Å². The quantitative estimate of drug-likeness (QED) is 0.544. The normalized spacial score (nSPS) is 22.1. The molecule has 0 spiro atoms. The van der Waals surface area contributed by atoms with Gasteiger partial charge in [0.2, 0.25) is 5.91 Å². The number of nitrogens with zero attached hydrogens (tertiary/aromatic N) is 1. The van der Waals surface area contributed by atoms with E-state index in [4.69, 9.17) is 9.47 Å². The summed E-state index contributed by atoms with van der Waals surface area (Å²) >= 11 is 0. The molecule has 0 bridgehead atoms. The van der Waals surface area contributed by atoms with Gasteiger partial charge in [0.25, 0.3) is 11.5 Å². The SMILES string of the molecule is O=C([C@H](Cc1ccc2ccccc2c1)NC(=O)[C@]1(C(=O)O)CO1)N1CCOCC1. The molecule has 2 saturated heterocycles. The van der Waals surface area contributed by atoms with Gasteiger partial charge in [-0.2, -0.15) is 0 Å². The van der Waals surface area contributed by atoms with E-state index in [0.717, 1.165) is 16.3 Å². The van der Waals surface area contributed by atoms with Gasteiger partial charge in [0.1, 0.15) is 6.04 Å². The molecular weight excluding hydrogens is 376 g/mol. The van der Waals surface area contributed by atoms with Crippen molar-refractivity contribution >= 4 is 28.6 Å². The van der Waals surface area contributed by atoms with Crippen molar-refractivity contribution in [2.75, 3.05) is 32.9 Å². The zero-order valence-corrected chi connectivity index (χ0v) is 15.8. The molecule has 2 aliphatic heterocycles. The van der Waals surface area contributed by atoms with Crippen LogP contribution in [0.5, 0.6) is 0 Å². The van der Waals surface area contributed by atoms with Crippen LogP contribution in [-0.4, -0.2) is 72.3 Å². The van der Waals surface area contributed by atoms with E-state index < -0.39 is 23.5 Å². The minimum Gasteiger partial charge on any atom is -0.479 e. The third-order valence-electron chi connectivity index (χ3n) is 5.33. The number of carboxylic acid groups (broad SMARTS) is 1. The predicted molar refractivity (Wildman–Crippen MR) is 103 cm³/mol. The molecule has 8 nitrogen and oxygen atoms in total. The summed E-state index contributed by atoms with van der Waals surface area (Å²) in [5.41, 5.74) is -1.01. The molecule has 2 atom stereocenters. The van der Waals surface area contributed by atoms with Crippen molar-refractivity contribution in [1.29, 1.82) is 0 Å². The van der Waals surface area contributed by atoms with Crippen LogP contribution in [0.25, 0.3) is 10.8 Å². The highest BCUT2D eigenvalue weighted by atomic mass is 16.6. The topological polar surface area (TPSA) is 108 Å². The van der Waals surface area contributed by atoms with Gasteiger partial charge in [-0.05, 0) is 16.3 Å². The first-order valence-electron chi connectivity index (χ1n) is 9.52. The predicted octanol–water partition coefficient (Wildman–Crippen LogP) is 0.580. The third kappa shape index (κ3) is 3.94. The van der Waals surface area contributed by atoms with Crippen LogP contribution in [0.2, 0.25) is 0 Å². The number of hydrogen-bond acceptors (Lipinski definition) is 5. The number of rotatable bonds is 6. The fourth-order valence-electron chi connectivity index (χ4n) is 3.50. The second-order valence-corrected chi connectivity index (χ2v) is 7.27. The first kappa shape index (κ1) is 19.4. The van der Waals surface area contributed by atoms with E-state index in [0.29, 0.717) is 26.3 Å². The van der Waals surface area contributed by atoms with Gasteiger partial charge >= 0.3 is 5.97 Å². The molecule has 0 unspecified atom stereocenters. The van der Waals surface area contributed by atoms with Gasteiger partial charge < -0.3 is 24.8 Å². The maximum Gasteiger partial charge on any atom is 0.348 e. The second-order valence-electron chi connectivity index (χ2n) is 7.27. The summed E-state index contributed by atoms with van der Waals surface area (Å²) in [6, 6.07) is 12.8. The lowest BCUT2D eigenvalue weighted by Gasteiger charge is -2.31. The number of morpholine rings is 1. The van der Waals surface area contributed by atoms with Crippen LogP contribution in [0.15, 0.2) is 42.5 Å². The van der Waals surface area contributed by atoms with Gasteiger partial charge in [-0.1, -0.05) is 42.5 Å². The number of fused-ring (bicyclic) bond motifs is 1. The van der Waals surface area contributed by atoms with Crippen molar-refractivity contribution in [2.24, 2.45) is 0 Å². The van der Waals surface area contributed by atoms with Crippen molar-refractivity contribution < 1.29 is 29.0 Å². The van der Waals surface area contributed by atoms with Gasteiger partial charge in [0.05, 0.1) is 19.8 Å². The highest BCUT2D eigenvalue weighted by Gasteiger charge is 2.60. The van der Waals surface area contributed by atoms with Crippen molar-refractivity contribution in [3.8, 4) is 0 Å². The molecule has 152 valence electrons. The Hall–Kier alpha value is -2.97. The average Bonchev–Trinajstić information content (AvgIpc) is 3.56. The molecule has 2 aliphatic rings. The molecule has 0 saturated carbocycles. The molecule has 2 N–H and O–H groups in total. The number of amides is 2. The van der Waals surface area contributed by atoms with E-state index in [1.165, 1.54) is 0 Å². The van der Waals surface area contributed by atoms with Crippen molar-refractivity contribution in [3.63, 3.8) is 0 Å². The Morgan fingerprint density at radius 2 is 1.79 bits per heavy atom. The molecule has 2 amide bonds. The highest BCUT2D eigenvalue weighted by molar-refractivity contribution is 6.09. The van der Waals surface area contributed by atoms with Crippen LogP contribution in [0.3, 0.4) is 0 Å². The molecule has 2 fully saturated rings. The molecule has 0 aromatic heterocycles. The van der Waals surface area contributed by atoms with Crippen LogP contribution in [0.4, 0.5) is 0 Å². The second kappa shape index (κ2) is 7.81. The Balaban J connectivity index is 1.57. The number of nitrogens with one attached hydrogen (secondary N) is 1. The Morgan fingerprint density at radius 3 is 2.45 bits per heavy atom. The number of epoxide rings is 1. The monoisotopic (exact) mass is 398 g/mol. The van der Waals surface area contributed by atoms with E-state index >= 15 is 0 Å². The standard InChI is InChI=1S/C21H22N2O6/c24-18(23-7-9-28-10-8-23)17(22-19(25)21(13-29-21)20(26)27)12-14-5-6-15-3-1-2-4-16(15)11-14/h1-6,11,17H,7-10,12-13H2,(H,22,25)(H,26,27)/t17-,21-/m0/s1. The maximum absolute atomic E-state index is 13.1. The van der Waals surface area contributed by atoms with Crippen LogP contribution in [-0.2, 0) is 30.3 Å². The largest absolute Gasteiger partial charge is 0.479 e. The zero-order valence-electron chi connectivity index (χ0n) is 15.8. The average molecular weight is 398 g/mol. The molecule has 4 rings (SSSR count). The van der Waals surface area contributed by atoms with Crippen molar-refractivity contribution in [1.82, 2.24) is 10.2 Å². The van der Waals surface area contributed by atoms with E-state index in [1.54, 1.807) is 4.90 Å². The molecule has 8 heteroatoms. The minimum atomic E-state index is -1.88. The number of ether oxygens (including phenoxy) is 2. The summed E-state index contributed by atoms with van der Waals surface area (Å²) in [5, 5.41) is 14.0. The molecule has 0 radical (unpaired) electrons. The van der Waals surface area contributed by atoms with E-state index in [2.05, 4.69) is 5.32 Å². The third-order valence-corrected chi connectivity index (χ3v) is 5.33. The Morgan fingerprint density at radius 1 is 1.10 bits per heavy atom. The molecular formula is C21H22N2O6. The summed E-state index contributed by atoms with van der Waals surface area (Å²) in [6.07, 6.45) is 0.252. The van der Waals surface area contributed by atoms with Crippen LogP contribution in [0, 0.1) is 0 Å². The fourth-order valence-corrected chi connectivity index (χ4v) is 3.50. The summed E-state index contributed by atoms with van der Waals surface area (Å²) in [5.74, 6) is -2.40. The molecule has 29 heavy (non-hydrogen) atoms. The Bertz CT molecular complexity index is 949. The van der Waals surface area contributed by atoms with Gasteiger partial charge in [0.15, 0.2) is 0 Å². The van der Waals surface area contributed by atoms with Gasteiger partial charge in [0, 0.05) is 19.5 Å². The number of carbonyl (C=O) groups is 3. The zero-order chi connectivity index (χ0) is 20.4. The Kier molecular flexibility index (Phi) is 5.21. The number of carboxylic acids is 1. The number of carbonyl (C=O) groups excluding carboxylic acids is 2.